The Morgan fingerprint density at radius 2 is 2.50 bits per heavy atom. The lowest BCUT2D eigenvalue weighted by atomic mass is 10.3. The molecule has 0 amide bonds. The molecule has 4 heteroatoms. The van der Waals surface area contributed by atoms with Crippen molar-refractivity contribution in [3.05, 3.63) is 18.2 Å². The summed E-state index contributed by atoms with van der Waals surface area (Å²) in [5.74, 6) is 0.729. The Morgan fingerprint density at radius 1 is 1.75 bits per heavy atom. The van der Waals surface area contributed by atoms with Crippen LogP contribution in [0.2, 0.25) is 0 Å². The largest absolute Gasteiger partial charge is 0.384 e. The summed E-state index contributed by atoms with van der Waals surface area (Å²) in [5.41, 5.74) is 0. The third-order valence-electron chi connectivity index (χ3n) is 1.78. The average molecular weight is 169 g/mol. The summed E-state index contributed by atoms with van der Waals surface area (Å²) >= 11 is 0. The molecule has 1 aromatic rings. The topological polar surface area (TPSA) is 50.1 Å². The summed E-state index contributed by atoms with van der Waals surface area (Å²) in [6, 6.07) is 0. The molecule has 68 valence electrons. The predicted molar refractivity (Wildman–Crippen MR) is 46.8 cm³/mol. The number of likely N-dealkylation sites (N-methyl/N-ethyl adjacent to an activating group) is 1. The number of aromatic nitrogens is 2. The Kier molecular flexibility index (Phi) is 3.25. The number of aryl methyl sites for hydroxylation is 1. The molecule has 0 saturated heterocycles. The third-order valence-corrected chi connectivity index (χ3v) is 1.78. The van der Waals surface area contributed by atoms with Gasteiger partial charge < -0.3 is 15.0 Å². The van der Waals surface area contributed by atoms with Crippen LogP contribution in [-0.4, -0.2) is 28.3 Å². The molecule has 0 radical (unpaired) electrons. The molecule has 0 aliphatic carbocycles. The van der Waals surface area contributed by atoms with Gasteiger partial charge in [-0.25, -0.2) is 4.98 Å². The van der Waals surface area contributed by atoms with E-state index in [9.17, 15) is 5.11 Å². The normalized spacial score (nSPS) is 13.2. The number of imidazole rings is 1. The van der Waals surface area contributed by atoms with Gasteiger partial charge in [0.05, 0.1) is 0 Å². The number of hydrogen-bond donors (Lipinski definition) is 2. The maximum absolute atomic E-state index is 9.58. The number of nitrogens with one attached hydrogen (secondary N) is 1. The van der Waals surface area contributed by atoms with E-state index in [0.29, 0.717) is 6.54 Å². The zero-order valence-electron chi connectivity index (χ0n) is 7.49. The first-order chi connectivity index (χ1) is 5.79. The molecule has 1 atom stereocenters. The van der Waals surface area contributed by atoms with E-state index < -0.39 is 6.10 Å². The molecule has 0 saturated carbocycles. The van der Waals surface area contributed by atoms with E-state index in [1.807, 2.05) is 24.7 Å². The lowest BCUT2D eigenvalue weighted by Gasteiger charge is -2.10. The van der Waals surface area contributed by atoms with Crippen molar-refractivity contribution in [1.82, 2.24) is 14.9 Å². The molecule has 0 fully saturated rings. The second-order valence-corrected chi connectivity index (χ2v) is 2.64. The average Bonchev–Trinajstić information content (AvgIpc) is 2.51. The first-order valence-corrected chi connectivity index (χ1v) is 4.13. The molecule has 1 unspecified atom stereocenters. The van der Waals surface area contributed by atoms with Crippen molar-refractivity contribution in [2.45, 2.75) is 19.6 Å². The zero-order chi connectivity index (χ0) is 8.97. The molecule has 1 heterocycles. The van der Waals surface area contributed by atoms with Crippen LogP contribution in [0.4, 0.5) is 0 Å². The monoisotopic (exact) mass is 169 g/mol. The second kappa shape index (κ2) is 4.23. The van der Waals surface area contributed by atoms with Crippen molar-refractivity contribution in [3.63, 3.8) is 0 Å². The molecule has 12 heavy (non-hydrogen) atoms. The molecule has 0 aliphatic heterocycles. The third kappa shape index (κ3) is 1.84. The van der Waals surface area contributed by atoms with Crippen LogP contribution in [-0.2, 0) is 6.54 Å². The van der Waals surface area contributed by atoms with Gasteiger partial charge in [-0.1, -0.05) is 0 Å². The summed E-state index contributed by atoms with van der Waals surface area (Å²) < 4.78 is 1.93. The highest BCUT2D eigenvalue weighted by atomic mass is 16.3. The van der Waals surface area contributed by atoms with E-state index >= 15 is 0 Å². The van der Waals surface area contributed by atoms with Gasteiger partial charge in [0.25, 0.3) is 0 Å². The summed E-state index contributed by atoms with van der Waals surface area (Å²) in [5, 5.41) is 12.5. The van der Waals surface area contributed by atoms with Crippen molar-refractivity contribution in [2.75, 3.05) is 13.6 Å². The Labute approximate surface area is 72.2 Å². The van der Waals surface area contributed by atoms with Crippen LogP contribution in [0, 0.1) is 0 Å². The van der Waals surface area contributed by atoms with E-state index in [2.05, 4.69) is 10.3 Å². The maximum atomic E-state index is 9.58. The Balaban J connectivity index is 2.71. The van der Waals surface area contributed by atoms with Gasteiger partial charge in [0.15, 0.2) is 0 Å². The zero-order valence-corrected chi connectivity index (χ0v) is 7.49. The van der Waals surface area contributed by atoms with Crippen LogP contribution in [0.25, 0.3) is 0 Å². The van der Waals surface area contributed by atoms with Gasteiger partial charge in [-0.15, -0.1) is 0 Å². The molecule has 1 aromatic heterocycles. The Hall–Kier alpha value is -0.870. The van der Waals surface area contributed by atoms with Crippen molar-refractivity contribution in [1.29, 1.82) is 0 Å². The maximum Gasteiger partial charge on any atom is 0.138 e. The molecular formula is C8H15N3O. The van der Waals surface area contributed by atoms with E-state index in [0.717, 1.165) is 12.4 Å². The van der Waals surface area contributed by atoms with Gasteiger partial charge >= 0.3 is 0 Å². The fourth-order valence-corrected chi connectivity index (χ4v) is 1.17. The van der Waals surface area contributed by atoms with Crippen LogP contribution in [0.3, 0.4) is 0 Å². The molecular weight excluding hydrogens is 154 g/mol. The highest BCUT2D eigenvalue weighted by Crippen LogP contribution is 2.08. The predicted octanol–water partition coefficient (Wildman–Crippen LogP) is 0.156. The number of aliphatic hydroxyl groups excluding tert-OH is 1. The highest BCUT2D eigenvalue weighted by Gasteiger charge is 2.11. The first-order valence-electron chi connectivity index (χ1n) is 4.13. The van der Waals surface area contributed by atoms with E-state index in [1.165, 1.54) is 0 Å². The summed E-state index contributed by atoms with van der Waals surface area (Å²) in [6.45, 7) is 3.41. The van der Waals surface area contributed by atoms with Gasteiger partial charge in [-0.05, 0) is 14.0 Å². The molecule has 0 bridgehead atoms. The van der Waals surface area contributed by atoms with Gasteiger partial charge in [-0.3, -0.25) is 0 Å². The highest BCUT2D eigenvalue weighted by molar-refractivity contribution is 4.96. The quantitative estimate of drug-likeness (QED) is 0.675. The van der Waals surface area contributed by atoms with Crippen LogP contribution in [0.5, 0.6) is 0 Å². The van der Waals surface area contributed by atoms with Gasteiger partial charge in [0, 0.05) is 25.5 Å². The molecule has 1 rings (SSSR count). The van der Waals surface area contributed by atoms with Crippen LogP contribution in [0.1, 0.15) is 18.9 Å². The van der Waals surface area contributed by atoms with Crippen LogP contribution in [0.15, 0.2) is 12.4 Å². The first kappa shape index (κ1) is 9.22. The number of hydrogen-bond acceptors (Lipinski definition) is 3. The smallest absolute Gasteiger partial charge is 0.138 e. The van der Waals surface area contributed by atoms with Gasteiger partial charge in [0.2, 0.25) is 0 Å². The van der Waals surface area contributed by atoms with Crippen molar-refractivity contribution in [3.8, 4) is 0 Å². The minimum absolute atomic E-state index is 0.509. The molecule has 4 nitrogen and oxygen atoms in total. The van der Waals surface area contributed by atoms with Crippen molar-refractivity contribution in [2.24, 2.45) is 0 Å². The number of aliphatic hydroxyl groups is 1. The van der Waals surface area contributed by atoms with Gasteiger partial charge in [0.1, 0.15) is 11.9 Å². The number of rotatable bonds is 4. The van der Waals surface area contributed by atoms with Crippen molar-refractivity contribution >= 4 is 0 Å². The molecule has 0 aliphatic rings. The van der Waals surface area contributed by atoms with Crippen LogP contribution < -0.4 is 5.32 Å². The molecule has 2 N–H and O–H groups in total. The molecule has 0 spiro atoms. The Morgan fingerprint density at radius 3 is 3.08 bits per heavy atom. The minimum Gasteiger partial charge on any atom is -0.384 e. The number of nitrogens with zero attached hydrogens (tertiary/aromatic N) is 2. The summed E-state index contributed by atoms with van der Waals surface area (Å²) in [4.78, 5) is 4.08. The summed E-state index contributed by atoms with van der Waals surface area (Å²) in [6.07, 6.45) is 3.07. The Bertz CT molecular complexity index is 234. The lowest BCUT2D eigenvalue weighted by Crippen LogP contribution is -2.19. The molecule has 0 aromatic carbocycles. The lowest BCUT2D eigenvalue weighted by molar-refractivity contribution is 0.163. The van der Waals surface area contributed by atoms with E-state index in [4.69, 9.17) is 0 Å². The second-order valence-electron chi connectivity index (χ2n) is 2.64. The van der Waals surface area contributed by atoms with Crippen molar-refractivity contribution < 1.29 is 5.11 Å². The van der Waals surface area contributed by atoms with E-state index in [-0.39, 0.29) is 0 Å². The standard InChI is InChI=1S/C8H15N3O/c1-3-11-5-4-10-8(11)7(12)6-9-2/h4-5,7,9,12H,3,6H2,1-2H3. The fraction of sp³-hybridized carbons (Fsp3) is 0.625. The SMILES string of the molecule is CCn1ccnc1C(O)CNC. The minimum atomic E-state index is -0.509. The fourth-order valence-electron chi connectivity index (χ4n) is 1.17. The van der Waals surface area contributed by atoms with Crippen LogP contribution >= 0.6 is 0 Å². The van der Waals surface area contributed by atoms with E-state index in [1.54, 1.807) is 6.20 Å². The summed E-state index contributed by atoms with van der Waals surface area (Å²) in [7, 11) is 1.81. The van der Waals surface area contributed by atoms with Gasteiger partial charge in [-0.2, -0.15) is 0 Å².